The van der Waals surface area contributed by atoms with Gasteiger partial charge in [-0.05, 0) is 20.9 Å². The highest BCUT2D eigenvalue weighted by atomic mass is 16.5. The maximum atomic E-state index is 5.77. The summed E-state index contributed by atoms with van der Waals surface area (Å²) in [5.41, 5.74) is 2.87. The van der Waals surface area contributed by atoms with E-state index in [-0.39, 0.29) is 0 Å². The van der Waals surface area contributed by atoms with Crippen LogP contribution in [0.3, 0.4) is 0 Å². The quantitative estimate of drug-likeness (QED) is 0.819. The average molecular weight is 264 g/mol. The Balaban J connectivity index is 1.89. The van der Waals surface area contributed by atoms with Crippen LogP contribution in [-0.4, -0.2) is 38.4 Å². The summed E-state index contributed by atoms with van der Waals surface area (Å²) < 4.78 is 9.38. The second-order valence-corrected chi connectivity index (χ2v) is 4.48. The number of nitrogens with one attached hydrogen (secondary N) is 1. The van der Waals surface area contributed by atoms with Crippen LogP contribution in [-0.2, 0) is 20.1 Å². The predicted molar refractivity (Wildman–Crippen MR) is 71.0 cm³/mol. The lowest BCUT2D eigenvalue weighted by atomic mass is 10.3. The van der Waals surface area contributed by atoms with Crippen molar-refractivity contribution in [2.75, 3.05) is 13.7 Å². The van der Waals surface area contributed by atoms with Crippen LogP contribution in [0.2, 0.25) is 0 Å². The van der Waals surface area contributed by atoms with Crippen molar-refractivity contribution in [2.45, 2.75) is 26.9 Å². The molecular weight excluding hydrogens is 244 g/mol. The van der Waals surface area contributed by atoms with E-state index in [4.69, 9.17) is 4.74 Å². The highest BCUT2D eigenvalue weighted by molar-refractivity contribution is 5.31. The molecule has 0 bridgehead atoms. The number of aromatic nitrogens is 5. The molecule has 0 atom stereocenters. The first-order valence-corrected chi connectivity index (χ1v) is 6.28. The molecule has 0 spiro atoms. The molecule has 2 heterocycles. The minimum absolute atomic E-state index is 0.551. The molecule has 0 unspecified atom stereocenters. The third kappa shape index (κ3) is 3.11. The van der Waals surface area contributed by atoms with Gasteiger partial charge in [-0.2, -0.15) is 5.10 Å². The Hall–Kier alpha value is -1.89. The summed E-state index contributed by atoms with van der Waals surface area (Å²) in [6, 6.07) is 0. The Morgan fingerprint density at radius 1 is 1.37 bits per heavy atom. The third-order valence-corrected chi connectivity index (χ3v) is 2.95. The number of aryl methyl sites for hydroxylation is 2. The largest absolute Gasteiger partial charge is 0.488 e. The van der Waals surface area contributed by atoms with Gasteiger partial charge in [-0.25, -0.2) is 4.68 Å². The van der Waals surface area contributed by atoms with Gasteiger partial charge in [0.05, 0.1) is 17.9 Å². The Labute approximate surface area is 112 Å². The normalized spacial score (nSPS) is 10.9. The molecule has 0 saturated carbocycles. The zero-order chi connectivity index (χ0) is 13.8. The SMILES string of the molecule is CNCc1cn(CCOc2c(C)nn(C)c2C)nn1. The van der Waals surface area contributed by atoms with E-state index < -0.39 is 0 Å². The molecule has 1 N–H and O–H groups in total. The highest BCUT2D eigenvalue weighted by Gasteiger charge is 2.10. The summed E-state index contributed by atoms with van der Waals surface area (Å²) >= 11 is 0. The number of rotatable bonds is 6. The lowest BCUT2D eigenvalue weighted by molar-refractivity contribution is 0.286. The summed E-state index contributed by atoms with van der Waals surface area (Å²) in [5.74, 6) is 0.859. The topological polar surface area (TPSA) is 69.8 Å². The second kappa shape index (κ2) is 5.83. The van der Waals surface area contributed by atoms with Crippen molar-refractivity contribution < 1.29 is 4.74 Å². The second-order valence-electron chi connectivity index (χ2n) is 4.48. The molecule has 0 saturated heterocycles. The molecule has 2 aromatic heterocycles. The minimum atomic E-state index is 0.551. The van der Waals surface area contributed by atoms with Gasteiger partial charge in [0.1, 0.15) is 12.3 Å². The number of hydrogen-bond donors (Lipinski definition) is 1. The third-order valence-electron chi connectivity index (χ3n) is 2.95. The molecule has 19 heavy (non-hydrogen) atoms. The maximum Gasteiger partial charge on any atom is 0.163 e. The summed E-state index contributed by atoms with van der Waals surface area (Å²) in [7, 11) is 3.80. The lowest BCUT2D eigenvalue weighted by Crippen LogP contribution is -2.09. The molecule has 0 aliphatic carbocycles. The average Bonchev–Trinajstić information content (AvgIpc) is 2.90. The Kier molecular flexibility index (Phi) is 4.16. The summed E-state index contributed by atoms with van der Waals surface area (Å²) in [6.07, 6.45) is 1.92. The first-order chi connectivity index (χ1) is 9.11. The highest BCUT2D eigenvalue weighted by Crippen LogP contribution is 2.21. The van der Waals surface area contributed by atoms with Gasteiger partial charge in [-0.15, -0.1) is 5.10 Å². The van der Waals surface area contributed by atoms with E-state index in [2.05, 4.69) is 20.7 Å². The molecule has 0 aromatic carbocycles. The van der Waals surface area contributed by atoms with Gasteiger partial charge in [0, 0.05) is 19.8 Å². The molecule has 0 aliphatic heterocycles. The van der Waals surface area contributed by atoms with Crippen LogP contribution in [0, 0.1) is 13.8 Å². The number of nitrogens with zero attached hydrogens (tertiary/aromatic N) is 5. The summed E-state index contributed by atoms with van der Waals surface area (Å²) in [5, 5.41) is 15.4. The maximum absolute atomic E-state index is 5.77. The number of hydrogen-bond acceptors (Lipinski definition) is 5. The fourth-order valence-electron chi connectivity index (χ4n) is 1.91. The standard InChI is InChI=1S/C12H20N6O/c1-9-12(10(2)17(4)15-9)19-6-5-18-8-11(7-13-3)14-16-18/h8,13H,5-7H2,1-4H3. The van der Waals surface area contributed by atoms with Crippen LogP contribution in [0.1, 0.15) is 17.1 Å². The van der Waals surface area contributed by atoms with E-state index in [0.717, 1.165) is 29.4 Å². The van der Waals surface area contributed by atoms with Gasteiger partial charge in [0.2, 0.25) is 0 Å². The van der Waals surface area contributed by atoms with Crippen LogP contribution < -0.4 is 10.1 Å². The number of ether oxygens (including phenoxy) is 1. The minimum Gasteiger partial charge on any atom is -0.488 e. The van der Waals surface area contributed by atoms with Crippen LogP contribution in [0.25, 0.3) is 0 Å². The Morgan fingerprint density at radius 3 is 2.79 bits per heavy atom. The molecule has 2 rings (SSSR count). The van der Waals surface area contributed by atoms with E-state index in [1.807, 2.05) is 38.8 Å². The fraction of sp³-hybridized carbons (Fsp3) is 0.583. The molecular formula is C12H20N6O. The molecule has 2 aromatic rings. The van der Waals surface area contributed by atoms with E-state index in [1.165, 1.54) is 0 Å². The van der Waals surface area contributed by atoms with Crippen molar-refractivity contribution >= 4 is 0 Å². The zero-order valence-corrected chi connectivity index (χ0v) is 11.8. The monoisotopic (exact) mass is 264 g/mol. The van der Waals surface area contributed by atoms with Gasteiger partial charge in [0.15, 0.2) is 5.75 Å². The van der Waals surface area contributed by atoms with E-state index in [1.54, 1.807) is 4.68 Å². The molecule has 7 nitrogen and oxygen atoms in total. The molecule has 0 amide bonds. The van der Waals surface area contributed by atoms with Gasteiger partial charge in [0.25, 0.3) is 0 Å². The van der Waals surface area contributed by atoms with Crippen molar-refractivity contribution in [3.05, 3.63) is 23.3 Å². The first-order valence-electron chi connectivity index (χ1n) is 6.28. The summed E-state index contributed by atoms with van der Waals surface area (Å²) in [6.45, 7) is 5.89. The molecule has 0 radical (unpaired) electrons. The molecule has 104 valence electrons. The van der Waals surface area contributed by atoms with Crippen molar-refractivity contribution in [2.24, 2.45) is 7.05 Å². The van der Waals surface area contributed by atoms with Crippen LogP contribution in [0.5, 0.6) is 5.75 Å². The first kappa shape index (κ1) is 13.5. The van der Waals surface area contributed by atoms with E-state index in [0.29, 0.717) is 13.2 Å². The Bertz CT molecular complexity index is 544. The summed E-state index contributed by atoms with van der Waals surface area (Å²) in [4.78, 5) is 0. The lowest BCUT2D eigenvalue weighted by Gasteiger charge is -2.06. The Morgan fingerprint density at radius 2 is 2.16 bits per heavy atom. The van der Waals surface area contributed by atoms with Crippen molar-refractivity contribution in [3.63, 3.8) is 0 Å². The van der Waals surface area contributed by atoms with E-state index in [9.17, 15) is 0 Å². The van der Waals surface area contributed by atoms with Crippen molar-refractivity contribution in [3.8, 4) is 5.75 Å². The smallest absolute Gasteiger partial charge is 0.163 e. The van der Waals surface area contributed by atoms with Gasteiger partial charge in [-0.3, -0.25) is 4.68 Å². The van der Waals surface area contributed by atoms with Crippen LogP contribution in [0.4, 0.5) is 0 Å². The molecule has 7 heteroatoms. The van der Waals surface area contributed by atoms with Gasteiger partial charge >= 0.3 is 0 Å². The van der Waals surface area contributed by atoms with Gasteiger partial charge < -0.3 is 10.1 Å². The van der Waals surface area contributed by atoms with Gasteiger partial charge in [-0.1, -0.05) is 5.21 Å². The van der Waals surface area contributed by atoms with Crippen molar-refractivity contribution in [1.82, 2.24) is 30.1 Å². The predicted octanol–water partition coefficient (Wildman–Crippen LogP) is 0.427. The molecule has 0 aliphatic rings. The van der Waals surface area contributed by atoms with Crippen molar-refractivity contribution in [1.29, 1.82) is 0 Å². The van der Waals surface area contributed by atoms with E-state index >= 15 is 0 Å². The fourth-order valence-corrected chi connectivity index (χ4v) is 1.91. The van der Waals surface area contributed by atoms with Crippen LogP contribution in [0.15, 0.2) is 6.20 Å². The zero-order valence-electron chi connectivity index (χ0n) is 11.8. The molecule has 0 fully saturated rings. The van der Waals surface area contributed by atoms with Crippen LogP contribution >= 0.6 is 0 Å².